The molecule has 194 valence electrons. The molecule has 0 bridgehead atoms. The lowest BCUT2D eigenvalue weighted by atomic mass is 10.1. The van der Waals surface area contributed by atoms with Gasteiger partial charge in [0.05, 0.1) is 25.6 Å². The number of anilines is 1. The summed E-state index contributed by atoms with van der Waals surface area (Å²) < 4.78 is 78.5. The lowest BCUT2D eigenvalue weighted by molar-refractivity contribution is -0.0534. The number of rotatable bonds is 5. The quantitative estimate of drug-likeness (QED) is 0.185. The molecule has 0 amide bonds. The van der Waals surface area contributed by atoms with Crippen LogP contribution in [0.25, 0.3) is 11.2 Å². The number of imidazole rings is 1. The molecule has 6 atom stereocenters. The van der Waals surface area contributed by atoms with Crippen LogP contribution in [-0.4, -0.2) is 61.3 Å². The van der Waals surface area contributed by atoms with Gasteiger partial charge in [0.25, 0.3) is 0 Å². The van der Waals surface area contributed by atoms with Crippen molar-refractivity contribution in [3.63, 3.8) is 0 Å². The number of aromatic nitrogens is 4. The van der Waals surface area contributed by atoms with E-state index in [2.05, 4.69) is 15.0 Å². The fourth-order valence-electron chi connectivity index (χ4n) is 3.93. The molecule has 0 spiro atoms. The van der Waals surface area contributed by atoms with Crippen molar-refractivity contribution in [2.24, 2.45) is 0 Å². The maximum atomic E-state index is 14.2. The summed E-state index contributed by atoms with van der Waals surface area (Å²) in [6.07, 6.45) is -3.89. The predicted molar refractivity (Wildman–Crippen MR) is 117 cm³/mol. The summed E-state index contributed by atoms with van der Waals surface area (Å²) in [4.78, 5) is 12.0. The molecule has 0 saturated carbocycles. The van der Waals surface area contributed by atoms with E-state index in [9.17, 15) is 27.8 Å². The average Bonchev–Trinajstić information content (AvgIpc) is 3.41. The van der Waals surface area contributed by atoms with Gasteiger partial charge in [-0.3, -0.25) is 4.57 Å². The molecule has 17 heteroatoms. The van der Waals surface area contributed by atoms with Gasteiger partial charge in [-0.1, -0.05) is 0 Å². The fraction of sp³-hybridized carbons (Fsp3) is 0.421. The number of nitrogen functional groups attached to an aromatic ring is 1. The summed E-state index contributed by atoms with van der Waals surface area (Å²) in [5.74, 6) is -7.01. The topological polar surface area (TPSA) is 147 Å². The zero-order valence-corrected chi connectivity index (χ0v) is 19.7. The molecule has 2 aliphatic heterocycles. The molecule has 2 saturated heterocycles. The number of hydrogen-bond donors (Lipinski definition) is 3. The lowest BCUT2D eigenvalue weighted by Crippen LogP contribution is -2.34. The minimum Gasteiger partial charge on any atom is -0.387 e. The third kappa shape index (κ3) is 4.37. The molecular weight excluding hydrogens is 533 g/mol. The van der Waals surface area contributed by atoms with E-state index in [1.807, 2.05) is 0 Å². The van der Waals surface area contributed by atoms with Crippen LogP contribution in [0.2, 0.25) is 0 Å². The summed E-state index contributed by atoms with van der Waals surface area (Å²) in [6.45, 7) is -4.15. The van der Waals surface area contributed by atoms with Crippen LogP contribution >= 0.6 is 6.72 Å². The van der Waals surface area contributed by atoms with Crippen LogP contribution in [0, 0.1) is 23.3 Å². The van der Waals surface area contributed by atoms with Gasteiger partial charge in [-0.15, -0.1) is 0 Å². The Morgan fingerprint density at radius 3 is 2.69 bits per heavy atom. The molecule has 2 unspecified atom stereocenters. The molecule has 0 radical (unpaired) electrons. The van der Waals surface area contributed by atoms with Gasteiger partial charge >= 0.3 is 6.72 Å². The second-order valence-corrected chi connectivity index (χ2v) is 10.9. The Kier molecular flexibility index (Phi) is 6.72. The van der Waals surface area contributed by atoms with Crippen LogP contribution < -0.4 is 5.73 Å². The van der Waals surface area contributed by atoms with Gasteiger partial charge in [0.2, 0.25) is 0 Å². The number of nitrogens with two attached hydrogens (primary N) is 1. The first-order chi connectivity index (χ1) is 17.1. The van der Waals surface area contributed by atoms with Gasteiger partial charge < -0.3 is 34.3 Å². The summed E-state index contributed by atoms with van der Waals surface area (Å²) >= 11 is 5.27. The Hall–Kier alpha value is -2.30. The van der Waals surface area contributed by atoms with E-state index in [1.165, 1.54) is 17.2 Å². The number of nitrogens with zero attached hydrogens (tertiary/aromatic N) is 4. The van der Waals surface area contributed by atoms with E-state index in [0.717, 1.165) is 0 Å². The molecule has 2 fully saturated rings. The van der Waals surface area contributed by atoms with E-state index < -0.39 is 72.8 Å². The Labute approximate surface area is 205 Å². The van der Waals surface area contributed by atoms with E-state index in [-0.39, 0.29) is 30.0 Å². The third-order valence-corrected chi connectivity index (χ3v) is 8.13. The fourth-order valence-corrected chi connectivity index (χ4v) is 6.04. The molecule has 36 heavy (non-hydrogen) atoms. The minimum atomic E-state index is -3.62. The zero-order chi connectivity index (χ0) is 25.8. The third-order valence-electron chi connectivity index (χ3n) is 5.76. The summed E-state index contributed by atoms with van der Waals surface area (Å²) in [5.41, 5.74) is 5.73. The Bertz CT molecular complexity index is 1370. The molecule has 5 rings (SSSR count). The Morgan fingerprint density at radius 1 is 1.14 bits per heavy atom. The number of hydrogen-bond acceptors (Lipinski definition) is 11. The van der Waals surface area contributed by atoms with Crippen molar-refractivity contribution >= 4 is 35.5 Å². The SMILES string of the molecule is Nc1ncnc2c1ncn2[C@@H]1O[C@H](COP2(=S)OCCC(c3cc(F)c(F)c(F)c3F)O2)[C@@H](O)[C@H]1O. The van der Waals surface area contributed by atoms with E-state index in [1.54, 1.807) is 0 Å². The van der Waals surface area contributed by atoms with Gasteiger partial charge in [-0.25, -0.2) is 32.5 Å². The van der Waals surface area contributed by atoms with Crippen molar-refractivity contribution in [3.05, 3.63) is 47.6 Å². The van der Waals surface area contributed by atoms with E-state index >= 15 is 0 Å². The number of aliphatic hydroxyl groups excluding tert-OH is 2. The van der Waals surface area contributed by atoms with Gasteiger partial charge in [0, 0.05) is 12.0 Å². The molecule has 3 aromatic rings. The average molecular weight is 551 g/mol. The van der Waals surface area contributed by atoms with Crippen LogP contribution in [0.15, 0.2) is 18.7 Å². The highest BCUT2D eigenvalue weighted by Gasteiger charge is 2.46. The lowest BCUT2D eigenvalue weighted by Gasteiger charge is -2.33. The highest BCUT2D eigenvalue weighted by Crippen LogP contribution is 2.58. The van der Waals surface area contributed by atoms with E-state index in [4.69, 9.17) is 35.8 Å². The first-order valence-electron chi connectivity index (χ1n) is 10.4. The van der Waals surface area contributed by atoms with Crippen molar-refractivity contribution in [3.8, 4) is 0 Å². The number of benzene rings is 1. The number of halogens is 4. The zero-order valence-electron chi connectivity index (χ0n) is 18.0. The second-order valence-electron chi connectivity index (χ2n) is 7.98. The second kappa shape index (κ2) is 9.54. The van der Waals surface area contributed by atoms with Crippen LogP contribution in [-0.2, 0) is 30.1 Å². The number of ether oxygens (including phenoxy) is 1. The van der Waals surface area contributed by atoms with Gasteiger partial charge in [0.1, 0.15) is 30.2 Å². The van der Waals surface area contributed by atoms with E-state index in [0.29, 0.717) is 6.07 Å². The highest BCUT2D eigenvalue weighted by molar-refractivity contribution is 8.07. The number of aliphatic hydroxyl groups is 2. The molecule has 11 nitrogen and oxygen atoms in total. The first-order valence-corrected chi connectivity index (χ1v) is 13.0. The van der Waals surface area contributed by atoms with Gasteiger partial charge in [0.15, 0.2) is 41.0 Å². The minimum absolute atomic E-state index is 0.0365. The summed E-state index contributed by atoms with van der Waals surface area (Å²) in [6, 6.07) is 0.486. The molecule has 1 aromatic carbocycles. The van der Waals surface area contributed by atoms with Crippen LogP contribution in [0.5, 0.6) is 0 Å². The van der Waals surface area contributed by atoms with Gasteiger partial charge in [-0.05, 0) is 17.9 Å². The smallest absolute Gasteiger partial charge is 0.327 e. The monoisotopic (exact) mass is 551 g/mol. The first kappa shape index (κ1) is 25.4. The maximum Gasteiger partial charge on any atom is 0.327 e. The van der Waals surface area contributed by atoms with Crippen molar-refractivity contribution in [1.29, 1.82) is 0 Å². The van der Waals surface area contributed by atoms with Crippen molar-refractivity contribution in [1.82, 2.24) is 19.5 Å². The molecular formula is C19H18F4N5O6PS. The Balaban J connectivity index is 1.30. The molecule has 4 N–H and O–H groups in total. The maximum absolute atomic E-state index is 14.2. The molecule has 4 heterocycles. The Morgan fingerprint density at radius 2 is 1.92 bits per heavy atom. The van der Waals surface area contributed by atoms with Crippen molar-refractivity contribution < 1.29 is 46.1 Å². The van der Waals surface area contributed by atoms with Gasteiger partial charge in [-0.2, -0.15) is 0 Å². The summed E-state index contributed by atoms with van der Waals surface area (Å²) in [5, 5.41) is 21.1. The van der Waals surface area contributed by atoms with Crippen LogP contribution in [0.3, 0.4) is 0 Å². The number of fused-ring (bicyclic) bond motifs is 1. The van der Waals surface area contributed by atoms with Crippen molar-refractivity contribution in [2.45, 2.75) is 37.1 Å². The summed E-state index contributed by atoms with van der Waals surface area (Å²) in [7, 11) is 0. The highest BCUT2D eigenvalue weighted by atomic mass is 32.5. The van der Waals surface area contributed by atoms with Crippen molar-refractivity contribution in [2.75, 3.05) is 18.9 Å². The van der Waals surface area contributed by atoms with Crippen LogP contribution in [0.1, 0.15) is 24.3 Å². The van der Waals surface area contributed by atoms with Crippen LogP contribution in [0.4, 0.5) is 23.4 Å². The largest absolute Gasteiger partial charge is 0.387 e. The predicted octanol–water partition coefficient (Wildman–Crippen LogP) is 2.00. The normalized spacial score (nSPS) is 30.8. The molecule has 2 aromatic heterocycles. The molecule has 0 aliphatic carbocycles. The molecule has 2 aliphatic rings. The standard InChI is InChI=1S/C19H18F4N5O6PS/c20-8-3-7(11(21)13(23)12(8)22)9-1-2-31-35(36,34-9)32-4-10-15(29)16(30)19(33-10)28-6-27-14-17(24)25-5-26-18(14)28/h3,5-6,9-10,15-16,19,29-30H,1-2,4H2,(H2,24,25,26)/t9?,10-,15-,16-,19-,35?/m1/s1.